The van der Waals surface area contributed by atoms with Gasteiger partial charge in [0.1, 0.15) is 6.61 Å². The first-order chi connectivity index (χ1) is 11.1. The fraction of sp³-hybridized carbons (Fsp3) is 0.263. The Labute approximate surface area is 134 Å². The molecule has 0 fully saturated rings. The van der Waals surface area contributed by atoms with E-state index in [1.54, 1.807) is 6.92 Å². The van der Waals surface area contributed by atoms with Crippen LogP contribution >= 0.6 is 0 Å². The number of hydrogen-bond acceptors (Lipinski definition) is 3. The molecule has 0 bridgehead atoms. The molecule has 118 valence electrons. The second-order valence-corrected chi connectivity index (χ2v) is 5.66. The first-order valence-electron chi connectivity index (χ1n) is 7.71. The van der Waals surface area contributed by atoms with Crippen LogP contribution in [0.5, 0.6) is 0 Å². The smallest absolute Gasteiger partial charge is 0.320 e. The maximum atomic E-state index is 12.0. The maximum Gasteiger partial charge on any atom is 0.320 e. The topological polar surface area (TPSA) is 63.6 Å². The van der Waals surface area contributed by atoms with Crippen LogP contribution in [-0.2, 0) is 14.3 Å². The van der Waals surface area contributed by atoms with E-state index in [2.05, 4.69) is 12.1 Å². The van der Waals surface area contributed by atoms with Crippen LogP contribution in [0.1, 0.15) is 30.4 Å². The highest BCUT2D eigenvalue weighted by atomic mass is 16.5. The molecule has 4 heteroatoms. The molecule has 0 saturated heterocycles. The van der Waals surface area contributed by atoms with Gasteiger partial charge in [-0.25, -0.2) is 0 Å². The molecule has 0 aromatic heterocycles. The summed E-state index contributed by atoms with van der Waals surface area (Å²) in [4.78, 5) is 23.1. The van der Waals surface area contributed by atoms with Crippen molar-refractivity contribution in [3.63, 3.8) is 0 Å². The van der Waals surface area contributed by atoms with Crippen LogP contribution in [0.2, 0.25) is 0 Å². The molecule has 0 saturated carbocycles. The average Bonchev–Trinajstić information content (AvgIpc) is 2.87. The van der Waals surface area contributed by atoms with E-state index in [9.17, 15) is 9.59 Å². The van der Waals surface area contributed by atoms with Crippen molar-refractivity contribution in [2.75, 3.05) is 6.61 Å². The summed E-state index contributed by atoms with van der Waals surface area (Å²) in [5.74, 6) is -2.94. The molecule has 1 aliphatic carbocycles. The van der Waals surface area contributed by atoms with Crippen molar-refractivity contribution in [1.82, 2.24) is 0 Å². The summed E-state index contributed by atoms with van der Waals surface area (Å²) in [5.41, 5.74) is 4.53. The minimum absolute atomic E-state index is 0.0438. The maximum absolute atomic E-state index is 12.0. The van der Waals surface area contributed by atoms with Gasteiger partial charge < -0.3 is 9.84 Å². The lowest BCUT2D eigenvalue weighted by Crippen LogP contribution is -2.26. The first-order valence-corrected chi connectivity index (χ1v) is 7.71. The molecule has 0 heterocycles. The van der Waals surface area contributed by atoms with Gasteiger partial charge in [-0.15, -0.1) is 0 Å². The lowest BCUT2D eigenvalue weighted by Gasteiger charge is -2.16. The number of esters is 1. The molecule has 1 aliphatic rings. The van der Waals surface area contributed by atoms with Gasteiger partial charge in [-0.1, -0.05) is 55.5 Å². The standard InChI is InChI=1S/C19H18O4/c1-2-12(18(20)21)19(22)23-11-17-15-9-5-3-7-13(15)14-8-4-6-10-16(14)17/h3-10,12,17H,2,11H2,1H3,(H,20,21). The number of rotatable bonds is 5. The Bertz CT molecular complexity index is 705. The fourth-order valence-corrected chi connectivity index (χ4v) is 3.15. The molecule has 0 amide bonds. The zero-order valence-electron chi connectivity index (χ0n) is 12.9. The monoisotopic (exact) mass is 310 g/mol. The highest BCUT2D eigenvalue weighted by Crippen LogP contribution is 2.44. The van der Waals surface area contributed by atoms with Crippen LogP contribution in [0.25, 0.3) is 11.1 Å². The zero-order chi connectivity index (χ0) is 16.4. The van der Waals surface area contributed by atoms with E-state index in [0.29, 0.717) is 0 Å². The number of carbonyl (C=O) groups is 2. The van der Waals surface area contributed by atoms with Crippen LogP contribution in [0, 0.1) is 5.92 Å². The van der Waals surface area contributed by atoms with Crippen molar-refractivity contribution in [3.05, 3.63) is 59.7 Å². The van der Waals surface area contributed by atoms with E-state index in [1.807, 2.05) is 36.4 Å². The van der Waals surface area contributed by atoms with Crippen molar-refractivity contribution >= 4 is 11.9 Å². The molecule has 0 aliphatic heterocycles. The van der Waals surface area contributed by atoms with Crippen molar-refractivity contribution in [3.8, 4) is 11.1 Å². The highest BCUT2D eigenvalue weighted by molar-refractivity contribution is 5.93. The fourth-order valence-electron chi connectivity index (χ4n) is 3.15. The second kappa shape index (κ2) is 6.24. The summed E-state index contributed by atoms with van der Waals surface area (Å²) in [6.07, 6.45) is 0.228. The lowest BCUT2D eigenvalue weighted by atomic mass is 9.98. The number of fused-ring (bicyclic) bond motifs is 3. The summed E-state index contributed by atoms with van der Waals surface area (Å²) in [5, 5.41) is 9.05. The van der Waals surface area contributed by atoms with Crippen molar-refractivity contribution in [2.24, 2.45) is 5.92 Å². The van der Waals surface area contributed by atoms with Gasteiger partial charge in [-0.2, -0.15) is 0 Å². The highest BCUT2D eigenvalue weighted by Gasteiger charge is 2.31. The Kier molecular flexibility index (Phi) is 4.15. The molecule has 23 heavy (non-hydrogen) atoms. The minimum atomic E-state index is -1.13. The molecule has 2 aromatic carbocycles. The zero-order valence-corrected chi connectivity index (χ0v) is 12.9. The van der Waals surface area contributed by atoms with E-state index in [0.717, 1.165) is 22.3 Å². The first kappa shape index (κ1) is 15.3. The Morgan fingerprint density at radius 1 is 1.04 bits per heavy atom. The third-order valence-electron chi connectivity index (χ3n) is 4.35. The number of carboxylic acids is 1. The minimum Gasteiger partial charge on any atom is -0.481 e. The van der Waals surface area contributed by atoms with Gasteiger partial charge in [0.25, 0.3) is 0 Å². The lowest BCUT2D eigenvalue weighted by molar-refractivity contribution is -0.158. The molecule has 2 aromatic rings. The number of benzene rings is 2. The number of carboxylic acid groups (broad SMARTS) is 1. The van der Waals surface area contributed by atoms with Crippen LogP contribution in [0.4, 0.5) is 0 Å². The predicted octanol–water partition coefficient (Wildman–Crippen LogP) is 3.45. The summed E-state index contributed by atoms with van der Waals surface area (Å²) < 4.78 is 5.33. The van der Waals surface area contributed by atoms with E-state index < -0.39 is 17.9 Å². The third kappa shape index (κ3) is 2.72. The normalized spacial score (nSPS) is 14.0. The van der Waals surface area contributed by atoms with Gasteiger partial charge in [-0.05, 0) is 28.7 Å². The molecule has 0 spiro atoms. The molecule has 1 unspecified atom stereocenters. The van der Waals surface area contributed by atoms with Crippen molar-refractivity contribution in [2.45, 2.75) is 19.3 Å². The molecule has 0 radical (unpaired) electrons. The third-order valence-corrected chi connectivity index (χ3v) is 4.35. The Balaban J connectivity index is 1.84. The van der Waals surface area contributed by atoms with E-state index in [1.165, 1.54) is 0 Å². The van der Waals surface area contributed by atoms with Gasteiger partial charge in [0.15, 0.2) is 5.92 Å². The quantitative estimate of drug-likeness (QED) is 0.678. The Morgan fingerprint density at radius 3 is 2.04 bits per heavy atom. The van der Waals surface area contributed by atoms with Crippen molar-refractivity contribution < 1.29 is 19.4 Å². The van der Waals surface area contributed by atoms with Crippen LogP contribution < -0.4 is 0 Å². The molecule has 4 nitrogen and oxygen atoms in total. The van der Waals surface area contributed by atoms with Crippen molar-refractivity contribution in [1.29, 1.82) is 0 Å². The predicted molar refractivity (Wildman–Crippen MR) is 86.1 cm³/mol. The van der Waals surface area contributed by atoms with Crippen LogP contribution in [0.15, 0.2) is 48.5 Å². The number of hydrogen-bond donors (Lipinski definition) is 1. The summed E-state index contributed by atoms with van der Waals surface area (Å²) in [7, 11) is 0. The summed E-state index contributed by atoms with van der Waals surface area (Å²) >= 11 is 0. The molecular formula is C19H18O4. The Morgan fingerprint density at radius 2 is 1.57 bits per heavy atom. The Hall–Kier alpha value is -2.62. The molecule has 3 rings (SSSR count). The summed E-state index contributed by atoms with van der Waals surface area (Å²) in [6, 6.07) is 16.1. The number of carbonyl (C=O) groups excluding carboxylic acids is 1. The van der Waals surface area contributed by atoms with E-state index >= 15 is 0 Å². The summed E-state index contributed by atoms with van der Waals surface area (Å²) in [6.45, 7) is 1.83. The van der Waals surface area contributed by atoms with Gasteiger partial charge in [0.2, 0.25) is 0 Å². The van der Waals surface area contributed by atoms with Crippen LogP contribution in [-0.4, -0.2) is 23.7 Å². The SMILES string of the molecule is CCC(C(=O)O)C(=O)OCC1c2ccccc2-c2ccccc21. The van der Waals surface area contributed by atoms with Gasteiger partial charge in [0, 0.05) is 5.92 Å². The van der Waals surface area contributed by atoms with Gasteiger partial charge >= 0.3 is 11.9 Å². The average molecular weight is 310 g/mol. The van der Waals surface area contributed by atoms with Crippen LogP contribution in [0.3, 0.4) is 0 Å². The number of ether oxygens (including phenoxy) is 1. The van der Waals surface area contributed by atoms with E-state index in [4.69, 9.17) is 9.84 Å². The number of aliphatic carboxylic acids is 1. The van der Waals surface area contributed by atoms with Gasteiger partial charge in [0.05, 0.1) is 0 Å². The van der Waals surface area contributed by atoms with Gasteiger partial charge in [-0.3, -0.25) is 9.59 Å². The van der Waals surface area contributed by atoms with E-state index in [-0.39, 0.29) is 18.9 Å². The molecule has 1 N–H and O–H groups in total. The largest absolute Gasteiger partial charge is 0.481 e. The molecule has 1 atom stereocenters. The second-order valence-electron chi connectivity index (χ2n) is 5.66. The molecular weight excluding hydrogens is 292 g/mol.